The van der Waals surface area contributed by atoms with E-state index in [9.17, 15) is 4.79 Å². The Hall–Kier alpha value is -2.33. The monoisotopic (exact) mass is 366 g/mol. The number of hydrogen-bond donors (Lipinski definition) is 1. The molecule has 0 unspecified atom stereocenters. The Labute approximate surface area is 162 Å². The zero-order chi connectivity index (χ0) is 19.1. The van der Waals surface area contributed by atoms with Gasteiger partial charge in [-0.25, -0.2) is 0 Å². The average molecular weight is 367 g/mol. The molecule has 1 heterocycles. The lowest BCUT2D eigenvalue weighted by atomic mass is 9.99. The number of ether oxygens (including phenoxy) is 1. The number of nitrogens with zero attached hydrogens (tertiary/aromatic N) is 1. The number of nitrogens with one attached hydrogen (secondary N) is 1. The van der Waals surface area contributed by atoms with Crippen LogP contribution in [0.25, 0.3) is 0 Å². The van der Waals surface area contributed by atoms with Crippen molar-refractivity contribution in [2.24, 2.45) is 5.92 Å². The molecule has 4 nitrogen and oxygen atoms in total. The fourth-order valence-electron chi connectivity index (χ4n) is 3.39. The molecule has 1 amide bonds. The van der Waals surface area contributed by atoms with Crippen molar-refractivity contribution in [2.75, 3.05) is 19.7 Å². The maximum atomic E-state index is 12.4. The first-order valence-corrected chi connectivity index (χ1v) is 9.95. The van der Waals surface area contributed by atoms with Crippen LogP contribution in [0.4, 0.5) is 0 Å². The van der Waals surface area contributed by atoms with Gasteiger partial charge in [-0.1, -0.05) is 31.2 Å². The predicted octanol–water partition coefficient (Wildman–Crippen LogP) is 4.25. The van der Waals surface area contributed by atoms with Crippen molar-refractivity contribution in [1.82, 2.24) is 10.2 Å². The van der Waals surface area contributed by atoms with Gasteiger partial charge in [-0.05, 0) is 74.2 Å². The molecule has 0 atom stereocenters. The van der Waals surface area contributed by atoms with Gasteiger partial charge in [0.15, 0.2) is 0 Å². The van der Waals surface area contributed by atoms with Gasteiger partial charge in [-0.3, -0.25) is 9.69 Å². The molecule has 0 spiro atoms. The Morgan fingerprint density at radius 3 is 2.30 bits per heavy atom. The molecule has 27 heavy (non-hydrogen) atoms. The van der Waals surface area contributed by atoms with E-state index in [0.29, 0.717) is 18.7 Å². The molecular weight excluding hydrogens is 336 g/mol. The predicted molar refractivity (Wildman–Crippen MR) is 109 cm³/mol. The van der Waals surface area contributed by atoms with Gasteiger partial charge in [0.25, 0.3) is 5.91 Å². The second-order valence-electron chi connectivity index (χ2n) is 7.42. The molecule has 0 saturated carbocycles. The van der Waals surface area contributed by atoms with Crippen LogP contribution >= 0.6 is 0 Å². The van der Waals surface area contributed by atoms with E-state index in [1.807, 2.05) is 43.3 Å². The summed E-state index contributed by atoms with van der Waals surface area (Å²) < 4.78 is 5.44. The normalized spacial score (nSPS) is 15.5. The molecule has 1 aliphatic heterocycles. The van der Waals surface area contributed by atoms with Crippen LogP contribution in [-0.4, -0.2) is 30.5 Å². The topological polar surface area (TPSA) is 41.6 Å². The molecular formula is C23H30N2O2. The minimum absolute atomic E-state index is 0.0396. The minimum atomic E-state index is -0.0396. The van der Waals surface area contributed by atoms with Crippen molar-refractivity contribution in [3.63, 3.8) is 0 Å². The van der Waals surface area contributed by atoms with Gasteiger partial charge < -0.3 is 10.1 Å². The van der Waals surface area contributed by atoms with Crippen LogP contribution in [0.1, 0.15) is 48.2 Å². The van der Waals surface area contributed by atoms with Crippen LogP contribution in [0.2, 0.25) is 0 Å². The molecule has 1 fully saturated rings. The van der Waals surface area contributed by atoms with Gasteiger partial charge in [0.05, 0.1) is 6.61 Å². The summed E-state index contributed by atoms with van der Waals surface area (Å²) in [6.07, 6.45) is 2.57. The van der Waals surface area contributed by atoms with Crippen LogP contribution in [-0.2, 0) is 13.1 Å². The molecule has 0 aromatic heterocycles. The lowest BCUT2D eigenvalue weighted by Crippen LogP contribution is -2.32. The Bertz CT molecular complexity index is 717. The van der Waals surface area contributed by atoms with E-state index in [1.54, 1.807) is 0 Å². The average Bonchev–Trinajstić information content (AvgIpc) is 2.70. The first-order chi connectivity index (χ1) is 13.1. The first-order valence-electron chi connectivity index (χ1n) is 9.95. The molecule has 0 aliphatic carbocycles. The zero-order valence-corrected chi connectivity index (χ0v) is 16.4. The van der Waals surface area contributed by atoms with E-state index in [-0.39, 0.29) is 5.91 Å². The van der Waals surface area contributed by atoms with Crippen LogP contribution in [0.15, 0.2) is 48.5 Å². The molecule has 144 valence electrons. The van der Waals surface area contributed by atoms with Crippen molar-refractivity contribution in [3.05, 3.63) is 65.2 Å². The summed E-state index contributed by atoms with van der Waals surface area (Å²) in [7, 11) is 0. The largest absolute Gasteiger partial charge is 0.494 e. The zero-order valence-electron chi connectivity index (χ0n) is 16.4. The van der Waals surface area contributed by atoms with Gasteiger partial charge in [0.1, 0.15) is 5.75 Å². The number of carbonyl (C=O) groups excluding carboxylic acids is 1. The Balaban J connectivity index is 1.48. The summed E-state index contributed by atoms with van der Waals surface area (Å²) >= 11 is 0. The molecule has 2 aromatic rings. The summed E-state index contributed by atoms with van der Waals surface area (Å²) in [5.41, 5.74) is 3.03. The van der Waals surface area contributed by atoms with Crippen molar-refractivity contribution in [1.29, 1.82) is 0 Å². The molecule has 2 aromatic carbocycles. The highest BCUT2D eigenvalue weighted by Crippen LogP contribution is 2.18. The van der Waals surface area contributed by atoms with Crippen LogP contribution in [0, 0.1) is 5.92 Å². The Morgan fingerprint density at radius 1 is 1.04 bits per heavy atom. The van der Waals surface area contributed by atoms with E-state index in [0.717, 1.165) is 23.8 Å². The second kappa shape index (κ2) is 9.56. The van der Waals surface area contributed by atoms with Crippen LogP contribution < -0.4 is 10.1 Å². The molecule has 1 aliphatic rings. The second-order valence-corrected chi connectivity index (χ2v) is 7.42. The van der Waals surface area contributed by atoms with Crippen molar-refractivity contribution in [3.8, 4) is 5.75 Å². The number of piperidine rings is 1. The maximum Gasteiger partial charge on any atom is 0.251 e. The number of rotatable bonds is 7. The molecule has 0 radical (unpaired) electrons. The van der Waals surface area contributed by atoms with E-state index in [1.165, 1.54) is 31.5 Å². The Morgan fingerprint density at radius 2 is 1.67 bits per heavy atom. The third kappa shape index (κ3) is 5.83. The third-order valence-electron chi connectivity index (χ3n) is 5.19. The fourth-order valence-corrected chi connectivity index (χ4v) is 3.39. The minimum Gasteiger partial charge on any atom is -0.494 e. The summed E-state index contributed by atoms with van der Waals surface area (Å²) in [6, 6.07) is 15.8. The lowest BCUT2D eigenvalue weighted by Gasteiger charge is -2.30. The molecule has 3 rings (SSSR count). The van der Waals surface area contributed by atoms with Gasteiger partial charge in [-0.15, -0.1) is 0 Å². The van der Waals surface area contributed by atoms with Crippen molar-refractivity contribution < 1.29 is 9.53 Å². The molecule has 0 bridgehead atoms. The summed E-state index contributed by atoms with van der Waals surface area (Å²) in [6.45, 7) is 8.78. The summed E-state index contributed by atoms with van der Waals surface area (Å²) in [5, 5.41) is 2.98. The standard InChI is InChI=1S/C23H30N2O2/c1-3-27-22-10-6-19(7-11-22)16-24-23(26)21-8-4-20(5-9-21)17-25-14-12-18(2)13-15-25/h4-11,18H,3,12-17H2,1-2H3,(H,24,26). The SMILES string of the molecule is CCOc1ccc(CNC(=O)c2ccc(CN3CCC(C)CC3)cc2)cc1. The summed E-state index contributed by atoms with van der Waals surface area (Å²) in [4.78, 5) is 14.9. The number of likely N-dealkylation sites (tertiary alicyclic amines) is 1. The lowest BCUT2D eigenvalue weighted by molar-refractivity contribution is 0.0951. The van der Waals surface area contributed by atoms with Gasteiger partial charge in [-0.2, -0.15) is 0 Å². The molecule has 1 N–H and O–H groups in total. The fraction of sp³-hybridized carbons (Fsp3) is 0.435. The highest BCUT2D eigenvalue weighted by Gasteiger charge is 2.15. The highest BCUT2D eigenvalue weighted by atomic mass is 16.5. The first kappa shape index (κ1) is 19.4. The summed E-state index contributed by atoms with van der Waals surface area (Å²) in [5.74, 6) is 1.66. The third-order valence-corrected chi connectivity index (χ3v) is 5.19. The quantitative estimate of drug-likeness (QED) is 0.797. The number of carbonyl (C=O) groups is 1. The van der Waals surface area contributed by atoms with E-state index in [4.69, 9.17) is 4.74 Å². The van der Waals surface area contributed by atoms with Crippen LogP contribution in [0.5, 0.6) is 5.75 Å². The number of amides is 1. The molecule has 4 heteroatoms. The number of hydrogen-bond acceptors (Lipinski definition) is 3. The van der Waals surface area contributed by atoms with Gasteiger partial charge in [0.2, 0.25) is 0 Å². The Kier molecular flexibility index (Phi) is 6.88. The number of benzene rings is 2. The van der Waals surface area contributed by atoms with E-state index < -0.39 is 0 Å². The van der Waals surface area contributed by atoms with Crippen molar-refractivity contribution in [2.45, 2.75) is 39.8 Å². The van der Waals surface area contributed by atoms with Crippen LogP contribution in [0.3, 0.4) is 0 Å². The van der Waals surface area contributed by atoms with Crippen molar-refractivity contribution >= 4 is 5.91 Å². The van der Waals surface area contributed by atoms with Gasteiger partial charge in [0, 0.05) is 18.7 Å². The smallest absolute Gasteiger partial charge is 0.251 e. The molecule has 1 saturated heterocycles. The highest BCUT2D eigenvalue weighted by molar-refractivity contribution is 5.94. The maximum absolute atomic E-state index is 12.4. The van der Waals surface area contributed by atoms with Gasteiger partial charge >= 0.3 is 0 Å². The van der Waals surface area contributed by atoms with E-state index >= 15 is 0 Å². The van der Waals surface area contributed by atoms with E-state index in [2.05, 4.69) is 29.3 Å².